The molecule has 2 heterocycles. The van der Waals surface area contributed by atoms with Crippen LogP contribution in [-0.2, 0) is 0 Å². The topological polar surface area (TPSA) is 66.8 Å². The summed E-state index contributed by atoms with van der Waals surface area (Å²) < 4.78 is 22.9. The third-order valence-corrected chi connectivity index (χ3v) is 6.88. The maximum atomic E-state index is 15.3. The summed E-state index contributed by atoms with van der Waals surface area (Å²) in [5.41, 5.74) is 1.22. The first-order chi connectivity index (χ1) is 17.0. The van der Waals surface area contributed by atoms with Gasteiger partial charge in [0.2, 0.25) is 5.43 Å². The number of anilines is 2. The molecule has 1 saturated heterocycles. The minimum atomic E-state index is -0.529. The molecule has 3 aromatic rings. The number of amides is 1. The van der Waals surface area contributed by atoms with Crippen LogP contribution in [0, 0.1) is 5.82 Å². The van der Waals surface area contributed by atoms with Crippen LogP contribution in [0.2, 0.25) is 0 Å². The first-order valence-electron chi connectivity index (χ1n) is 12.4. The number of hydrogen-bond acceptors (Lipinski definition) is 5. The number of halogens is 1. The summed E-state index contributed by atoms with van der Waals surface area (Å²) in [7, 11) is 0. The van der Waals surface area contributed by atoms with Crippen LogP contribution in [0.15, 0.2) is 47.4 Å². The number of hydrogen-bond donors (Lipinski definition) is 1. The van der Waals surface area contributed by atoms with Gasteiger partial charge in [-0.05, 0) is 50.6 Å². The van der Waals surface area contributed by atoms with Gasteiger partial charge in [-0.2, -0.15) is 0 Å². The van der Waals surface area contributed by atoms with Crippen LogP contribution in [0.3, 0.4) is 0 Å². The third kappa shape index (κ3) is 4.62. The van der Waals surface area contributed by atoms with E-state index < -0.39 is 17.2 Å². The smallest absolute Gasteiger partial charge is 0.261 e. The third-order valence-electron chi connectivity index (χ3n) is 6.88. The molecule has 1 N–H and O–H groups in total. The molecular formula is C27H31FN4O3. The molecule has 2 fully saturated rings. The Bertz CT molecular complexity index is 1310. The number of nitrogens with one attached hydrogen (secondary N) is 1. The number of rotatable bonds is 7. The van der Waals surface area contributed by atoms with E-state index in [1.54, 1.807) is 30.5 Å². The molecule has 0 unspecified atom stereocenters. The van der Waals surface area contributed by atoms with E-state index >= 15 is 4.39 Å². The fourth-order valence-corrected chi connectivity index (χ4v) is 4.76. The average molecular weight is 479 g/mol. The maximum absolute atomic E-state index is 15.3. The SMILES string of the molecule is CCOc1ccccc1NC(=O)c1cn(C2CC2)c2cc(N3CCN(CC)CC3)c(F)cc2c1=O. The number of piperazine rings is 1. The second-order valence-corrected chi connectivity index (χ2v) is 9.14. The predicted octanol–water partition coefficient (Wildman–Crippen LogP) is 4.27. The Morgan fingerprint density at radius 2 is 1.86 bits per heavy atom. The van der Waals surface area contributed by atoms with Gasteiger partial charge in [-0.3, -0.25) is 9.59 Å². The van der Waals surface area contributed by atoms with Crippen molar-refractivity contribution in [2.24, 2.45) is 0 Å². The van der Waals surface area contributed by atoms with Gasteiger partial charge in [-0.25, -0.2) is 4.39 Å². The number of carbonyl (C=O) groups excluding carboxylic acids is 1. The van der Waals surface area contributed by atoms with Crippen molar-refractivity contribution in [3.05, 3.63) is 64.2 Å². The Labute approximate surface area is 204 Å². The van der Waals surface area contributed by atoms with Crippen LogP contribution in [-0.4, -0.2) is 54.7 Å². The molecule has 35 heavy (non-hydrogen) atoms. The minimum absolute atomic E-state index is 0.000545. The summed E-state index contributed by atoms with van der Waals surface area (Å²) in [6.45, 7) is 8.67. The summed E-state index contributed by atoms with van der Waals surface area (Å²) in [5, 5.41) is 3.04. The van der Waals surface area contributed by atoms with E-state index in [0.717, 1.165) is 45.6 Å². The zero-order valence-electron chi connectivity index (χ0n) is 20.2. The zero-order valence-corrected chi connectivity index (χ0v) is 20.2. The monoisotopic (exact) mass is 478 g/mol. The molecule has 1 amide bonds. The van der Waals surface area contributed by atoms with E-state index in [-0.39, 0.29) is 17.0 Å². The number of ether oxygens (including phenoxy) is 1. The largest absolute Gasteiger partial charge is 0.492 e. The van der Waals surface area contributed by atoms with Crippen molar-refractivity contribution in [3.63, 3.8) is 0 Å². The molecule has 0 atom stereocenters. The summed E-state index contributed by atoms with van der Waals surface area (Å²) in [6.07, 6.45) is 3.57. The van der Waals surface area contributed by atoms with Gasteiger partial charge in [0.25, 0.3) is 5.91 Å². The van der Waals surface area contributed by atoms with Crippen LogP contribution in [0.25, 0.3) is 10.9 Å². The molecule has 8 heteroatoms. The molecule has 0 radical (unpaired) electrons. The maximum Gasteiger partial charge on any atom is 0.261 e. The molecule has 2 aromatic carbocycles. The van der Waals surface area contributed by atoms with Gasteiger partial charge < -0.3 is 24.4 Å². The van der Waals surface area contributed by atoms with Crippen molar-refractivity contribution in [2.45, 2.75) is 32.7 Å². The highest BCUT2D eigenvalue weighted by molar-refractivity contribution is 6.06. The second-order valence-electron chi connectivity index (χ2n) is 9.14. The fraction of sp³-hybridized carbons (Fsp3) is 0.407. The number of benzene rings is 2. The normalized spacial score (nSPS) is 16.5. The summed E-state index contributed by atoms with van der Waals surface area (Å²) in [5.74, 6) is -0.426. The molecule has 7 nitrogen and oxygen atoms in total. The van der Waals surface area contributed by atoms with E-state index in [9.17, 15) is 9.59 Å². The molecule has 1 saturated carbocycles. The first-order valence-corrected chi connectivity index (χ1v) is 12.4. The highest BCUT2D eigenvalue weighted by Crippen LogP contribution is 2.38. The van der Waals surface area contributed by atoms with Crippen molar-refractivity contribution in [3.8, 4) is 5.75 Å². The van der Waals surface area contributed by atoms with Crippen molar-refractivity contribution in [1.29, 1.82) is 0 Å². The van der Waals surface area contributed by atoms with Crippen molar-refractivity contribution >= 4 is 28.2 Å². The second kappa shape index (κ2) is 9.70. The van der Waals surface area contributed by atoms with Crippen molar-refractivity contribution in [1.82, 2.24) is 9.47 Å². The Balaban J connectivity index is 1.53. The van der Waals surface area contributed by atoms with Gasteiger partial charge in [0.05, 0.1) is 23.5 Å². The number of fused-ring (bicyclic) bond motifs is 1. The minimum Gasteiger partial charge on any atom is -0.492 e. The van der Waals surface area contributed by atoms with Crippen molar-refractivity contribution in [2.75, 3.05) is 49.5 Å². The molecule has 1 aromatic heterocycles. The van der Waals surface area contributed by atoms with E-state index in [0.29, 0.717) is 29.2 Å². The van der Waals surface area contributed by atoms with Crippen LogP contribution in [0.5, 0.6) is 5.75 Å². The number of pyridine rings is 1. The quantitative estimate of drug-likeness (QED) is 0.550. The lowest BCUT2D eigenvalue weighted by Crippen LogP contribution is -2.46. The average Bonchev–Trinajstić information content (AvgIpc) is 3.71. The number of aromatic nitrogens is 1. The van der Waals surface area contributed by atoms with E-state index in [1.807, 2.05) is 22.5 Å². The van der Waals surface area contributed by atoms with Gasteiger partial charge in [0.1, 0.15) is 17.1 Å². The van der Waals surface area contributed by atoms with Crippen LogP contribution in [0.1, 0.15) is 43.1 Å². The molecule has 5 rings (SSSR count). The Hall–Kier alpha value is -3.39. The van der Waals surface area contributed by atoms with Crippen molar-refractivity contribution < 1.29 is 13.9 Å². The number of para-hydroxylation sites is 2. The molecule has 0 bridgehead atoms. The van der Waals surface area contributed by atoms with Gasteiger partial charge in [0, 0.05) is 43.8 Å². The molecule has 0 spiro atoms. The summed E-state index contributed by atoms with van der Waals surface area (Å²) in [4.78, 5) is 31.0. The van der Waals surface area contributed by atoms with E-state index in [2.05, 4.69) is 17.1 Å². The van der Waals surface area contributed by atoms with E-state index in [1.165, 1.54) is 6.07 Å². The fourth-order valence-electron chi connectivity index (χ4n) is 4.76. The lowest BCUT2D eigenvalue weighted by atomic mass is 10.1. The standard InChI is InChI=1S/C27H31FN4O3/c1-3-30-11-13-31(14-12-30)24-16-23-19(15-21(24)28)26(33)20(17-32(23)18-9-10-18)27(34)29-22-7-5-6-8-25(22)35-4-2/h5-8,15-18H,3-4,9-14H2,1-2H3,(H,29,34). The van der Waals surface area contributed by atoms with Gasteiger partial charge in [-0.15, -0.1) is 0 Å². The molecule has 184 valence electrons. The summed E-state index contributed by atoms with van der Waals surface area (Å²) >= 11 is 0. The van der Waals surface area contributed by atoms with Crippen LogP contribution in [0.4, 0.5) is 15.8 Å². The lowest BCUT2D eigenvalue weighted by molar-refractivity contribution is 0.102. The lowest BCUT2D eigenvalue weighted by Gasteiger charge is -2.35. The Kier molecular flexibility index (Phi) is 6.47. The van der Waals surface area contributed by atoms with E-state index in [4.69, 9.17) is 4.74 Å². The summed E-state index contributed by atoms with van der Waals surface area (Å²) in [6, 6.07) is 10.4. The van der Waals surface area contributed by atoms with Crippen LogP contribution >= 0.6 is 0 Å². The molecule has 1 aliphatic carbocycles. The van der Waals surface area contributed by atoms with Crippen LogP contribution < -0.4 is 20.4 Å². The Morgan fingerprint density at radius 3 is 2.54 bits per heavy atom. The molecule has 1 aliphatic heterocycles. The first kappa shape index (κ1) is 23.4. The molecular weight excluding hydrogens is 447 g/mol. The zero-order chi connectivity index (χ0) is 24.5. The number of nitrogens with zero attached hydrogens (tertiary/aromatic N) is 3. The van der Waals surface area contributed by atoms with Gasteiger partial charge in [-0.1, -0.05) is 19.1 Å². The van der Waals surface area contributed by atoms with Gasteiger partial charge >= 0.3 is 0 Å². The highest BCUT2D eigenvalue weighted by atomic mass is 19.1. The van der Waals surface area contributed by atoms with Gasteiger partial charge in [0.15, 0.2) is 0 Å². The number of likely N-dealkylation sites (N-methyl/N-ethyl adjacent to an activating group) is 1. The number of carbonyl (C=O) groups is 1. The molecule has 2 aliphatic rings. The Morgan fingerprint density at radius 1 is 1.11 bits per heavy atom. The predicted molar refractivity (Wildman–Crippen MR) is 136 cm³/mol. The highest BCUT2D eigenvalue weighted by Gasteiger charge is 2.28.